The van der Waals surface area contributed by atoms with Crippen LogP contribution in [0.1, 0.15) is 20.8 Å². The molecule has 0 spiro atoms. The summed E-state index contributed by atoms with van der Waals surface area (Å²) in [6.45, 7) is 14.4. The van der Waals surface area contributed by atoms with Crippen molar-refractivity contribution >= 4 is 6.92 Å². The van der Waals surface area contributed by atoms with E-state index >= 15 is 0 Å². The zero-order valence-corrected chi connectivity index (χ0v) is 10.7. The maximum Gasteiger partial charge on any atom is 0.327 e. The summed E-state index contributed by atoms with van der Waals surface area (Å²) in [7, 11) is 1.63. The average Bonchev–Trinajstić information content (AvgIpc) is 2.50. The maximum atomic E-state index is 5.89. The monoisotopic (exact) mass is 220 g/mol. The van der Waals surface area contributed by atoms with E-state index in [9.17, 15) is 0 Å². The number of hydrogen-bond donors (Lipinski definition) is 0. The summed E-state index contributed by atoms with van der Waals surface area (Å²) < 4.78 is 11.0. The molecule has 0 bridgehead atoms. The van der Waals surface area contributed by atoms with E-state index in [-0.39, 0.29) is 18.4 Å². The number of hydrogen-bond acceptors (Lipinski definition) is 2. The lowest BCUT2D eigenvalue weighted by Crippen LogP contribution is -2.19. The van der Waals surface area contributed by atoms with Gasteiger partial charge in [-0.25, -0.2) is 0 Å². The van der Waals surface area contributed by atoms with Crippen LogP contribution in [0.2, 0.25) is 6.32 Å². The van der Waals surface area contributed by atoms with Gasteiger partial charge < -0.3 is 9.39 Å². The highest BCUT2D eigenvalue weighted by atomic mass is 16.5. The maximum absolute atomic E-state index is 5.89. The van der Waals surface area contributed by atoms with Crippen molar-refractivity contribution in [1.82, 2.24) is 0 Å². The molecular weight excluding hydrogens is 199 g/mol. The Morgan fingerprint density at radius 3 is 2.56 bits per heavy atom. The van der Waals surface area contributed by atoms with E-state index in [0.717, 1.165) is 17.6 Å². The molecule has 1 rings (SSSR count). The molecule has 16 heavy (non-hydrogen) atoms. The number of ether oxygens (including phenoxy) is 1. The van der Waals surface area contributed by atoms with Gasteiger partial charge >= 0.3 is 6.92 Å². The van der Waals surface area contributed by atoms with E-state index in [1.165, 1.54) is 0 Å². The molecule has 88 valence electrons. The summed E-state index contributed by atoms with van der Waals surface area (Å²) in [5.41, 5.74) is 1.16. The minimum absolute atomic E-state index is 0.0927. The van der Waals surface area contributed by atoms with Crippen molar-refractivity contribution in [2.75, 3.05) is 7.11 Å². The molecule has 1 heterocycles. The fourth-order valence-electron chi connectivity index (χ4n) is 1.82. The van der Waals surface area contributed by atoms with Crippen LogP contribution in [0.4, 0.5) is 0 Å². The van der Waals surface area contributed by atoms with Gasteiger partial charge in [-0.3, -0.25) is 0 Å². The highest BCUT2D eigenvalue weighted by Crippen LogP contribution is 2.39. The van der Waals surface area contributed by atoms with Crippen LogP contribution in [-0.2, 0) is 9.39 Å². The molecule has 0 aromatic rings. The zero-order valence-electron chi connectivity index (χ0n) is 10.7. The molecule has 3 heteroatoms. The molecule has 1 saturated heterocycles. The number of rotatable bonds is 4. The highest BCUT2D eigenvalue weighted by molar-refractivity contribution is 6.62. The van der Waals surface area contributed by atoms with Gasteiger partial charge in [0.15, 0.2) is 0 Å². The van der Waals surface area contributed by atoms with Gasteiger partial charge in [-0.2, -0.15) is 0 Å². The molecule has 1 atom stereocenters. The fraction of sp³-hybridized carbons (Fsp3) is 0.538. The van der Waals surface area contributed by atoms with Crippen molar-refractivity contribution in [2.45, 2.75) is 33.2 Å². The van der Waals surface area contributed by atoms with E-state index < -0.39 is 0 Å². The SMILES string of the molecule is C=CC(=CC(=C)B1CC(C)(C)C(C)O1)OC. The normalized spacial score (nSPS) is 24.4. The van der Waals surface area contributed by atoms with Crippen LogP contribution >= 0.6 is 0 Å². The van der Waals surface area contributed by atoms with Gasteiger partial charge in [0.2, 0.25) is 0 Å². The summed E-state index contributed by atoms with van der Waals surface area (Å²) >= 11 is 0. The van der Waals surface area contributed by atoms with Crippen molar-refractivity contribution in [3.63, 3.8) is 0 Å². The Morgan fingerprint density at radius 1 is 1.56 bits per heavy atom. The topological polar surface area (TPSA) is 18.5 Å². The van der Waals surface area contributed by atoms with Gasteiger partial charge in [0.1, 0.15) is 5.76 Å². The van der Waals surface area contributed by atoms with E-state index in [1.54, 1.807) is 13.2 Å². The van der Waals surface area contributed by atoms with Crippen molar-refractivity contribution in [2.24, 2.45) is 5.41 Å². The first kappa shape index (κ1) is 13.1. The molecule has 1 fully saturated rings. The van der Waals surface area contributed by atoms with Gasteiger partial charge in [0, 0.05) is 6.10 Å². The van der Waals surface area contributed by atoms with Crippen LogP contribution in [0.5, 0.6) is 0 Å². The van der Waals surface area contributed by atoms with Crippen LogP contribution in [0.15, 0.2) is 36.5 Å². The van der Waals surface area contributed by atoms with Crippen molar-refractivity contribution < 1.29 is 9.39 Å². The molecule has 1 unspecified atom stereocenters. The smallest absolute Gasteiger partial charge is 0.327 e. The molecule has 1 aliphatic rings. The Bertz CT molecular complexity index is 318. The Kier molecular flexibility index (Phi) is 4.03. The highest BCUT2D eigenvalue weighted by Gasteiger charge is 2.41. The lowest BCUT2D eigenvalue weighted by atomic mass is 9.54. The fourth-order valence-corrected chi connectivity index (χ4v) is 1.82. The molecule has 0 aromatic heterocycles. The predicted molar refractivity (Wildman–Crippen MR) is 69.3 cm³/mol. The third-order valence-electron chi connectivity index (χ3n) is 3.36. The first-order chi connectivity index (χ1) is 7.40. The molecule has 0 amide bonds. The van der Waals surface area contributed by atoms with Crippen LogP contribution in [0.25, 0.3) is 0 Å². The van der Waals surface area contributed by atoms with Crippen LogP contribution < -0.4 is 0 Å². The molecule has 0 saturated carbocycles. The summed E-state index contributed by atoms with van der Waals surface area (Å²) in [5, 5.41) is 0. The third kappa shape index (κ3) is 2.79. The first-order valence-corrected chi connectivity index (χ1v) is 5.63. The molecule has 0 aromatic carbocycles. The molecule has 1 aliphatic heterocycles. The predicted octanol–water partition coefficient (Wildman–Crippen LogP) is 3.23. The molecule has 0 radical (unpaired) electrons. The summed E-state index contributed by atoms with van der Waals surface area (Å²) in [6.07, 6.45) is 4.83. The summed E-state index contributed by atoms with van der Waals surface area (Å²) in [6, 6.07) is 0. The van der Waals surface area contributed by atoms with Crippen molar-refractivity contribution in [3.05, 3.63) is 36.5 Å². The minimum Gasteiger partial charge on any atom is -0.497 e. The minimum atomic E-state index is 0.0927. The molecule has 2 nitrogen and oxygen atoms in total. The van der Waals surface area contributed by atoms with Gasteiger partial charge in [-0.1, -0.05) is 25.9 Å². The summed E-state index contributed by atoms with van der Waals surface area (Å²) in [5.74, 6) is 0.728. The lowest BCUT2D eigenvalue weighted by molar-refractivity contribution is 0.149. The average molecular weight is 220 g/mol. The summed E-state index contributed by atoms with van der Waals surface area (Å²) in [4.78, 5) is 0. The van der Waals surface area contributed by atoms with E-state index in [4.69, 9.17) is 9.39 Å². The lowest BCUT2D eigenvalue weighted by Gasteiger charge is -2.21. The second-order valence-corrected chi connectivity index (χ2v) is 4.99. The number of methoxy groups -OCH3 is 1. The largest absolute Gasteiger partial charge is 0.497 e. The quantitative estimate of drug-likeness (QED) is 0.411. The van der Waals surface area contributed by atoms with E-state index in [2.05, 4.69) is 33.9 Å². The first-order valence-electron chi connectivity index (χ1n) is 5.63. The van der Waals surface area contributed by atoms with Crippen LogP contribution in [0.3, 0.4) is 0 Å². The second kappa shape index (κ2) is 4.92. The van der Waals surface area contributed by atoms with Crippen molar-refractivity contribution in [3.8, 4) is 0 Å². The molecule has 0 aliphatic carbocycles. The van der Waals surface area contributed by atoms with Gasteiger partial charge in [0.05, 0.1) is 7.11 Å². The zero-order chi connectivity index (χ0) is 12.3. The molecule has 0 N–H and O–H groups in total. The molecular formula is C13H21BO2. The van der Waals surface area contributed by atoms with Crippen LogP contribution in [0, 0.1) is 5.41 Å². The van der Waals surface area contributed by atoms with Gasteiger partial charge in [-0.05, 0) is 30.8 Å². The standard InChI is InChI=1S/C13H21BO2/c1-7-12(15-6)8-10(2)14-9-13(4,5)11(3)16-14/h7-8,11H,1-2,9H2,3-6H3. The Labute approximate surface area is 99.1 Å². The third-order valence-corrected chi connectivity index (χ3v) is 3.36. The second-order valence-electron chi connectivity index (χ2n) is 4.99. The van der Waals surface area contributed by atoms with E-state index in [0.29, 0.717) is 0 Å². The Balaban J connectivity index is 2.71. The number of allylic oxidation sites excluding steroid dienone is 3. The van der Waals surface area contributed by atoms with Gasteiger partial charge in [0.25, 0.3) is 0 Å². The van der Waals surface area contributed by atoms with Crippen molar-refractivity contribution in [1.29, 1.82) is 0 Å². The van der Waals surface area contributed by atoms with Gasteiger partial charge in [-0.15, -0.1) is 6.58 Å². The Hall–Kier alpha value is -0.955. The van der Waals surface area contributed by atoms with Crippen LogP contribution in [-0.4, -0.2) is 20.1 Å². The Morgan fingerprint density at radius 2 is 2.19 bits per heavy atom. The van der Waals surface area contributed by atoms with E-state index in [1.807, 2.05) is 6.08 Å².